The quantitative estimate of drug-likeness (QED) is 0.770. The molecule has 6 heteroatoms. The third-order valence-corrected chi connectivity index (χ3v) is 4.51. The van der Waals surface area contributed by atoms with Gasteiger partial charge in [0.25, 0.3) is 5.91 Å². The number of amides is 1. The Labute approximate surface area is 146 Å². The number of fused-ring (bicyclic) bond motifs is 1. The van der Waals surface area contributed by atoms with E-state index in [0.717, 1.165) is 16.6 Å². The van der Waals surface area contributed by atoms with Gasteiger partial charge >= 0.3 is 0 Å². The highest BCUT2D eigenvalue weighted by Crippen LogP contribution is 2.26. The summed E-state index contributed by atoms with van der Waals surface area (Å²) in [4.78, 5) is 11.6. The Hall–Kier alpha value is -2.73. The summed E-state index contributed by atoms with van der Waals surface area (Å²) >= 11 is 0. The first kappa shape index (κ1) is 14.6. The smallest absolute Gasteiger partial charge is 0.250 e. The first-order valence-corrected chi connectivity index (χ1v) is 8.20. The van der Waals surface area contributed by atoms with Gasteiger partial charge < -0.3 is 11.1 Å². The Balaban J connectivity index is 1.68. The number of primary amides is 1. The highest BCUT2D eigenvalue weighted by molar-refractivity contribution is 6.04. The summed E-state index contributed by atoms with van der Waals surface area (Å²) in [5.74, 6) is -1.48. The van der Waals surface area contributed by atoms with Crippen LogP contribution in [0.15, 0.2) is 48.7 Å². The maximum absolute atomic E-state index is 13.7. The number of aromatic nitrogens is 2. The molecule has 0 aliphatic carbocycles. The van der Waals surface area contributed by atoms with Crippen molar-refractivity contribution in [1.82, 2.24) is 15.1 Å². The van der Waals surface area contributed by atoms with Crippen LogP contribution in [-0.2, 0) is 0 Å². The number of nitrogens with two attached hydrogens (primary N) is 1. The molecule has 1 amide bonds. The van der Waals surface area contributed by atoms with Gasteiger partial charge in [-0.15, -0.1) is 0 Å². The van der Waals surface area contributed by atoms with Crippen LogP contribution in [0.4, 0.5) is 4.39 Å². The molecule has 0 unspecified atom stereocenters. The number of nitrogens with zero attached hydrogens (tertiary/aromatic N) is 2. The van der Waals surface area contributed by atoms with Gasteiger partial charge in [0, 0.05) is 26.0 Å². The van der Waals surface area contributed by atoms with Gasteiger partial charge in [0.1, 0.15) is 11.7 Å². The number of hydrogen-bond acceptors (Lipinski definition) is 3. The molecule has 1 fully saturated rings. The molecular weight excluding hydrogens is 319 g/mol. The Kier molecular flexibility index (Phi) is 3.67. The summed E-state index contributed by atoms with van der Waals surface area (Å²) in [6.07, 6.45) is 1.00. The van der Waals surface area contributed by atoms with Crippen molar-refractivity contribution in [2.45, 2.75) is 18.5 Å². The molecule has 1 aliphatic rings. The molecule has 0 spiro atoms. The lowest BCUT2D eigenvalue weighted by molar-refractivity contribution is 0.100. The van der Waals surface area contributed by atoms with Gasteiger partial charge in [0.05, 0.1) is 11.3 Å². The van der Waals surface area contributed by atoms with Gasteiger partial charge in [-0.05, 0) is 36.1 Å². The molecule has 128 valence electrons. The van der Waals surface area contributed by atoms with Crippen LogP contribution in [0, 0.1) is 0 Å². The number of halogens is 1. The van der Waals surface area contributed by atoms with Crippen molar-refractivity contribution < 1.29 is 10.6 Å². The van der Waals surface area contributed by atoms with Crippen molar-refractivity contribution in [2.75, 3.05) is 13.1 Å². The fraction of sp³-hybridized carbons (Fsp3) is 0.263. The van der Waals surface area contributed by atoms with Crippen molar-refractivity contribution in [3.05, 3.63) is 59.8 Å². The van der Waals surface area contributed by atoms with Crippen molar-refractivity contribution in [2.24, 2.45) is 5.73 Å². The molecule has 1 aromatic heterocycles. The van der Waals surface area contributed by atoms with Gasteiger partial charge in [-0.3, -0.25) is 4.79 Å². The number of carbonyl (C=O) groups is 1. The van der Waals surface area contributed by atoms with E-state index in [1.54, 1.807) is 16.8 Å². The number of piperidine rings is 1. The van der Waals surface area contributed by atoms with Crippen LogP contribution in [0.3, 0.4) is 0 Å². The molecule has 3 N–H and O–H groups in total. The molecule has 5 nitrogen and oxygen atoms in total. The van der Waals surface area contributed by atoms with E-state index in [1.165, 1.54) is 0 Å². The number of benzene rings is 2. The summed E-state index contributed by atoms with van der Waals surface area (Å²) in [7, 11) is 0. The minimum atomic E-state index is -1.01. The lowest BCUT2D eigenvalue weighted by atomic mass is 9.91. The second-order valence-corrected chi connectivity index (χ2v) is 6.26. The van der Waals surface area contributed by atoms with E-state index in [2.05, 4.69) is 10.4 Å². The molecule has 1 saturated heterocycles. The van der Waals surface area contributed by atoms with E-state index in [0.29, 0.717) is 24.2 Å². The second-order valence-electron chi connectivity index (χ2n) is 6.26. The molecule has 2 atom stereocenters. The first-order valence-electron chi connectivity index (χ1n) is 8.70. The van der Waals surface area contributed by atoms with Crippen molar-refractivity contribution in [1.29, 1.82) is 0 Å². The van der Waals surface area contributed by atoms with Crippen molar-refractivity contribution in [3.8, 4) is 5.69 Å². The molecule has 2 aromatic carbocycles. The van der Waals surface area contributed by atoms with Gasteiger partial charge in [-0.1, -0.05) is 24.3 Å². The van der Waals surface area contributed by atoms with Crippen LogP contribution in [0.25, 0.3) is 16.6 Å². The number of carbonyl (C=O) groups excluding carboxylic acids is 1. The Bertz CT molecular complexity index is 971. The average molecular weight is 339 g/mol. The number of alkyl halides is 1. The van der Waals surface area contributed by atoms with Gasteiger partial charge in [-0.25, -0.2) is 9.07 Å². The minimum absolute atomic E-state index is 0.187. The zero-order valence-electron chi connectivity index (χ0n) is 14.6. The van der Waals surface area contributed by atoms with Crippen LogP contribution in [-0.4, -0.2) is 34.9 Å². The predicted molar refractivity (Wildman–Crippen MR) is 94.7 cm³/mol. The Morgan fingerprint density at radius 1 is 1.28 bits per heavy atom. The SMILES string of the molecule is [2H][C@]1(c2ccc(-n3cc4cccc(C(N)=O)c4n3)cc2)CNC[C@H](F)C1. The summed E-state index contributed by atoms with van der Waals surface area (Å²) in [5, 5.41) is 8.27. The largest absolute Gasteiger partial charge is 0.366 e. The van der Waals surface area contributed by atoms with Crippen LogP contribution >= 0.6 is 0 Å². The number of nitrogens with one attached hydrogen (secondary N) is 1. The molecule has 3 aromatic rings. The van der Waals surface area contributed by atoms with E-state index in [9.17, 15) is 9.18 Å². The van der Waals surface area contributed by atoms with E-state index in [1.807, 2.05) is 36.5 Å². The standard InChI is InChI=1S/C19H19FN4O/c20-15-8-14(9-22-10-15)12-4-6-16(7-5-12)24-11-13-2-1-3-17(19(21)25)18(13)23-24/h1-7,11,14-15,22H,8-10H2,(H2,21,25)/t14-,15-/m1/s1/i14D. The van der Waals surface area contributed by atoms with Crippen LogP contribution in [0.5, 0.6) is 0 Å². The summed E-state index contributed by atoms with van der Waals surface area (Å²) in [6.45, 7) is 0.737. The lowest BCUT2D eigenvalue weighted by Gasteiger charge is -2.26. The molecule has 2 heterocycles. The summed E-state index contributed by atoms with van der Waals surface area (Å²) in [6, 6.07) is 12.7. The van der Waals surface area contributed by atoms with E-state index >= 15 is 0 Å². The van der Waals surface area contributed by atoms with Gasteiger partial charge in [0.15, 0.2) is 0 Å². The number of hydrogen-bond donors (Lipinski definition) is 2. The summed E-state index contributed by atoms with van der Waals surface area (Å²) in [5.41, 5.74) is 7.91. The number of rotatable bonds is 3. The molecule has 0 radical (unpaired) electrons. The third kappa shape index (κ3) is 3.00. The van der Waals surface area contributed by atoms with Crippen LogP contribution in [0.1, 0.15) is 29.6 Å². The van der Waals surface area contributed by atoms with Gasteiger partial charge in [-0.2, -0.15) is 5.10 Å². The highest BCUT2D eigenvalue weighted by atomic mass is 19.1. The third-order valence-electron chi connectivity index (χ3n) is 4.51. The average Bonchev–Trinajstić information content (AvgIpc) is 3.05. The maximum atomic E-state index is 13.7. The predicted octanol–water partition coefficient (Wildman–Crippen LogP) is 2.54. The molecule has 1 aliphatic heterocycles. The molecule has 25 heavy (non-hydrogen) atoms. The highest BCUT2D eigenvalue weighted by Gasteiger charge is 2.22. The van der Waals surface area contributed by atoms with E-state index in [-0.39, 0.29) is 6.42 Å². The minimum Gasteiger partial charge on any atom is -0.366 e. The fourth-order valence-corrected chi connectivity index (χ4v) is 3.24. The molecule has 4 rings (SSSR count). The van der Waals surface area contributed by atoms with Crippen molar-refractivity contribution in [3.63, 3.8) is 0 Å². The van der Waals surface area contributed by atoms with E-state index in [4.69, 9.17) is 7.10 Å². The molecule has 0 bridgehead atoms. The van der Waals surface area contributed by atoms with Crippen LogP contribution in [0.2, 0.25) is 0 Å². The lowest BCUT2D eigenvalue weighted by Crippen LogP contribution is -2.36. The maximum Gasteiger partial charge on any atom is 0.250 e. The summed E-state index contributed by atoms with van der Waals surface area (Å²) < 4.78 is 23.9. The van der Waals surface area contributed by atoms with E-state index < -0.39 is 18.0 Å². The van der Waals surface area contributed by atoms with Crippen molar-refractivity contribution >= 4 is 16.8 Å². The Morgan fingerprint density at radius 3 is 2.80 bits per heavy atom. The normalized spacial score (nSPS) is 24.2. The zero-order chi connectivity index (χ0) is 18.3. The second kappa shape index (κ2) is 6.29. The van der Waals surface area contributed by atoms with Gasteiger partial charge in [0.2, 0.25) is 0 Å². The van der Waals surface area contributed by atoms with Crippen LogP contribution < -0.4 is 11.1 Å². The fourth-order valence-electron chi connectivity index (χ4n) is 3.24. The molecular formula is C19H19FN4O. The monoisotopic (exact) mass is 339 g/mol. The topological polar surface area (TPSA) is 72.9 Å². The Morgan fingerprint density at radius 2 is 2.08 bits per heavy atom. The molecule has 0 saturated carbocycles. The first-order chi connectivity index (χ1) is 12.5. The zero-order valence-corrected chi connectivity index (χ0v) is 13.6.